The molecule has 1 N–H and O–H groups in total. The van der Waals surface area contributed by atoms with E-state index in [4.69, 9.17) is 19.2 Å². The molecule has 0 atom stereocenters. The summed E-state index contributed by atoms with van der Waals surface area (Å²) in [5, 5.41) is 7.51. The van der Waals surface area contributed by atoms with Crippen LogP contribution in [0, 0.1) is 6.92 Å². The van der Waals surface area contributed by atoms with Gasteiger partial charge >= 0.3 is 0 Å². The van der Waals surface area contributed by atoms with Crippen molar-refractivity contribution in [2.24, 2.45) is 0 Å². The Morgan fingerprint density at radius 1 is 1.03 bits per heavy atom. The zero-order valence-electron chi connectivity index (χ0n) is 18.7. The van der Waals surface area contributed by atoms with Gasteiger partial charge in [-0.05, 0) is 38.1 Å². The number of rotatable bonds is 7. The van der Waals surface area contributed by atoms with E-state index in [0.717, 1.165) is 16.7 Å². The number of ether oxygens (including phenoxy) is 3. The zero-order chi connectivity index (χ0) is 22.8. The molecule has 166 valence electrons. The van der Waals surface area contributed by atoms with Crippen LogP contribution in [0.4, 0.5) is 5.82 Å². The fraction of sp³-hybridized carbons (Fsp3) is 0.261. The second kappa shape index (κ2) is 8.62. The van der Waals surface area contributed by atoms with Crippen LogP contribution in [0.2, 0.25) is 0 Å². The molecule has 2 aromatic heterocycles. The number of para-hydroxylation sites is 2. The smallest absolute Gasteiger partial charge is 0.257 e. The Morgan fingerprint density at radius 2 is 1.72 bits per heavy atom. The summed E-state index contributed by atoms with van der Waals surface area (Å²) in [6.07, 6.45) is 0. The Bertz CT molecular complexity index is 1270. The normalized spacial score (nSPS) is 10.9. The highest BCUT2D eigenvalue weighted by Crippen LogP contribution is 2.38. The minimum absolute atomic E-state index is 0.343. The molecule has 2 aromatic carbocycles. The molecule has 0 fully saturated rings. The monoisotopic (exact) mass is 435 g/mol. The predicted molar refractivity (Wildman–Crippen MR) is 121 cm³/mol. The number of amides is 1. The van der Waals surface area contributed by atoms with E-state index >= 15 is 0 Å². The van der Waals surface area contributed by atoms with Crippen molar-refractivity contribution in [3.8, 4) is 23.2 Å². The molecule has 0 aliphatic rings. The number of benzene rings is 2. The highest BCUT2D eigenvalue weighted by molar-refractivity contribution is 6.04. The lowest BCUT2D eigenvalue weighted by molar-refractivity contribution is 0.102. The fourth-order valence-corrected chi connectivity index (χ4v) is 3.68. The maximum Gasteiger partial charge on any atom is 0.257 e. The average Bonchev–Trinajstić information content (AvgIpc) is 3.36. The summed E-state index contributed by atoms with van der Waals surface area (Å²) >= 11 is 0. The van der Waals surface area contributed by atoms with Crippen LogP contribution in [0.5, 0.6) is 17.2 Å². The van der Waals surface area contributed by atoms with Crippen LogP contribution >= 0.6 is 0 Å². The third-order valence-corrected chi connectivity index (χ3v) is 5.14. The lowest BCUT2D eigenvalue weighted by Crippen LogP contribution is -2.17. The van der Waals surface area contributed by atoms with Crippen molar-refractivity contribution in [2.75, 3.05) is 26.6 Å². The Balaban J connectivity index is 1.75. The molecule has 1 amide bonds. The molecule has 0 saturated carbocycles. The van der Waals surface area contributed by atoms with Gasteiger partial charge in [0.05, 0.1) is 38.1 Å². The van der Waals surface area contributed by atoms with E-state index in [2.05, 4.69) is 15.0 Å². The Hall–Kier alpha value is -4.01. The molecule has 2 heterocycles. The summed E-state index contributed by atoms with van der Waals surface area (Å²) < 4.78 is 19.8. The second-order valence-corrected chi connectivity index (χ2v) is 7.10. The zero-order valence-corrected chi connectivity index (χ0v) is 18.7. The molecule has 4 rings (SSSR count). The molecule has 0 aliphatic heterocycles. The van der Waals surface area contributed by atoms with Gasteiger partial charge in [0.1, 0.15) is 5.82 Å². The molecule has 9 heteroatoms. The number of hydrogen-bond acceptors (Lipinski definition) is 6. The molecule has 32 heavy (non-hydrogen) atoms. The van der Waals surface area contributed by atoms with E-state index in [1.165, 1.54) is 21.3 Å². The van der Waals surface area contributed by atoms with Gasteiger partial charge in [-0.3, -0.25) is 4.79 Å². The number of imidazole rings is 1. The molecule has 0 radical (unpaired) electrons. The standard InChI is InChI=1S/C23H25N5O4/c1-6-27-17-10-8-7-9-16(17)24-23(27)28-20(11-14(2)26-28)25-22(29)15-12-18(30-3)21(32-5)19(13-15)31-4/h7-13H,6H2,1-5H3,(H,25,29). The molecule has 0 aliphatic carbocycles. The Kier molecular flexibility index (Phi) is 5.72. The number of hydrogen-bond donors (Lipinski definition) is 1. The predicted octanol–water partition coefficient (Wildman–Crippen LogP) is 3.83. The first kappa shape index (κ1) is 21.2. The number of nitrogens with zero attached hydrogens (tertiary/aromatic N) is 4. The minimum Gasteiger partial charge on any atom is -0.493 e. The summed E-state index contributed by atoms with van der Waals surface area (Å²) in [4.78, 5) is 17.9. The van der Waals surface area contributed by atoms with Crippen molar-refractivity contribution < 1.29 is 19.0 Å². The number of carbonyl (C=O) groups is 1. The van der Waals surface area contributed by atoms with E-state index in [-0.39, 0.29) is 5.91 Å². The van der Waals surface area contributed by atoms with Crippen molar-refractivity contribution in [3.05, 3.63) is 53.7 Å². The lowest BCUT2D eigenvalue weighted by atomic mass is 10.1. The fourth-order valence-electron chi connectivity index (χ4n) is 3.68. The summed E-state index contributed by atoms with van der Waals surface area (Å²) in [6, 6.07) is 12.9. The largest absolute Gasteiger partial charge is 0.493 e. The first-order valence-electron chi connectivity index (χ1n) is 10.1. The first-order valence-corrected chi connectivity index (χ1v) is 10.1. The maximum atomic E-state index is 13.1. The summed E-state index contributed by atoms with van der Waals surface area (Å²) in [7, 11) is 4.53. The molecule has 0 spiro atoms. The van der Waals surface area contributed by atoms with Gasteiger partial charge in [0.25, 0.3) is 5.91 Å². The Morgan fingerprint density at radius 3 is 2.34 bits per heavy atom. The second-order valence-electron chi connectivity index (χ2n) is 7.10. The van der Waals surface area contributed by atoms with Gasteiger partial charge in [0.15, 0.2) is 11.5 Å². The highest BCUT2D eigenvalue weighted by Gasteiger charge is 2.20. The van der Waals surface area contributed by atoms with Crippen LogP contribution in [0.3, 0.4) is 0 Å². The topological polar surface area (TPSA) is 92.4 Å². The minimum atomic E-state index is -0.343. The molecule has 0 bridgehead atoms. The number of carbonyl (C=O) groups excluding carboxylic acids is 1. The molecular weight excluding hydrogens is 410 g/mol. The highest BCUT2D eigenvalue weighted by atomic mass is 16.5. The van der Waals surface area contributed by atoms with Gasteiger partial charge < -0.3 is 24.1 Å². The van der Waals surface area contributed by atoms with Crippen molar-refractivity contribution in [3.63, 3.8) is 0 Å². The lowest BCUT2D eigenvalue weighted by Gasteiger charge is -2.14. The van der Waals surface area contributed by atoms with Crippen molar-refractivity contribution in [1.82, 2.24) is 19.3 Å². The quantitative estimate of drug-likeness (QED) is 0.474. The van der Waals surface area contributed by atoms with Crippen LogP contribution < -0.4 is 19.5 Å². The van der Waals surface area contributed by atoms with Gasteiger partial charge in [-0.2, -0.15) is 9.78 Å². The molecule has 9 nitrogen and oxygen atoms in total. The van der Waals surface area contributed by atoms with Gasteiger partial charge in [-0.25, -0.2) is 4.98 Å². The number of nitrogens with one attached hydrogen (secondary N) is 1. The van der Waals surface area contributed by atoms with Crippen LogP contribution in [-0.4, -0.2) is 46.6 Å². The SMILES string of the molecule is CCn1c(-n2nc(C)cc2NC(=O)c2cc(OC)c(OC)c(OC)c2)nc2ccccc21. The summed E-state index contributed by atoms with van der Waals surface area (Å²) in [6.45, 7) is 4.61. The number of anilines is 1. The van der Waals surface area contributed by atoms with Gasteiger partial charge in [-0.15, -0.1) is 0 Å². The van der Waals surface area contributed by atoms with Crippen molar-refractivity contribution in [2.45, 2.75) is 20.4 Å². The van der Waals surface area contributed by atoms with Crippen molar-refractivity contribution in [1.29, 1.82) is 0 Å². The Labute approximate surface area is 185 Å². The summed E-state index contributed by atoms with van der Waals surface area (Å²) in [5.41, 5.74) is 2.97. The molecule has 0 saturated heterocycles. The van der Waals surface area contributed by atoms with Crippen LogP contribution in [-0.2, 0) is 6.54 Å². The van der Waals surface area contributed by atoms with Gasteiger partial charge in [0, 0.05) is 18.2 Å². The number of fused-ring (bicyclic) bond motifs is 1. The third kappa shape index (κ3) is 3.62. The van der Waals surface area contributed by atoms with Crippen LogP contribution in [0.25, 0.3) is 17.0 Å². The summed E-state index contributed by atoms with van der Waals surface area (Å²) in [5.74, 6) is 2.01. The van der Waals surface area contributed by atoms with E-state index in [1.807, 2.05) is 38.1 Å². The van der Waals surface area contributed by atoms with Crippen LogP contribution in [0.1, 0.15) is 23.0 Å². The van der Waals surface area contributed by atoms with E-state index in [9.17, 15) is 4.79 Å². The molecular formula is C23H25N5O4. The average molecular weight is 435 g/mol. The molecule has 4 aromatic rings. The van der Waals surface area contributed by atoms with E-state index in [1.54, 1.807) is 22.9 Å². The van der Waals surface area contributed by atoms with E-state index in [0.29, 0.717) is 41.1 Å². The number of methoxy groups -OCH3 is 3. The van der Waals surface area contributed by atoms with Crippen molar-refractivity contribution >= 4 is 22.8 Å². The van der Waals surface area contributed by atoms with Crippen LogP contribution in [0.15, 0.2) is 42.5 Å². The van der Waals surface area contributed by atoms with Gasteiger partial charge in [-0.1, -0.05) is 12.1 Å². The third-order valence-electron chi connectivity index (χ3n) is 5.14. The first-order chi connectivity index (χ1) is 15.5. The van der Waals surface area contributed by atoms with Gasteiger partial charge in [0.2, 0.25) is 11.7 Å². The number of aromatic nitrogens is 4. The maximum absolute atomic E-state index is 13.1. The molecule has 0 unspecified atom stereocenters. The van der Waals surface area contributed by atoms with E-state index < -0.39 is 0 Å². The number of aryl methyl sites for hydroxylation is 2.